The van der Waals surface area contributed by atoms with Gasteiger partial charge in [0, 0.05) is 24.5 Å². The summed E-state index contributed by atoms with van der Waals surface area (Å²) in [5.41, 5.74) is 2.02. The van der Waals surface area contributed by atoms with E-state index in [-0.39, 0.29) is 16.9 Å². The molecule has 1 aromatic heterocycles. The van der Waals surface area contributed by atoms with Crippen molar-refractivity contribution in [3.8, 4) is 0 Å². The van der Waals surface area contributed by atoms with E-state index < -0.39 is 10.8 Å². The zero-order valence-electron chi connectivity index (χ0n) is 18.6. The molecule has 6 nitrogen and oxygen atoms in total. The van der Waals surface area contributed by atoms with Gasteiger partial charge in [0.05, 0.1) is 33.4 Å². The first-order valence-corrected chi connectivity index (χ1v) is 13.7. The van der Waals surface area contributed by atoms with Crippen molar-refractivity contribution in [1.29, 1.82) is 0 Å². The molecular formula is C25H29ClN4O2S. The highest BCUT2D eigenvalue weighted by molar-refractivity contribution is 7.87. The monoisotopic (exact) mass is 484 g/mol. The average Bonchev–Trinajstić information content (AvgIpc) is 3.51. The second-order valence-corrected chi connectivity index (χ2v) is 13.2. The van der Waals surface area contributed by atoms with Crippen LogP contribution in [0.3, 0.4) is 0 Å². The fourth-order valence-corrected chi connectivity index (χ4v) is 8.48. The number of benzene rings is 1. The number of hydrogen-bond donors (Lipinski definition) is 2. The minimum atomic E-state index is -1.07. The third-order valence-electron chi connectivity index (χ3n) is 8.87. The molecule has 8 rings (SSSR count). The quantitative estimate of drug-likeness (QED) is 0.670. The van der Waals surface area contributed by atoms with Crippen LogP contribution in [0.5, 0.6) is 0 Å². The van der Waals surface area contributed by atoms with Gasteiger partial charge in [-0.05, 0) is 74.0 Å². The third kappa shape index (κ3) is 3.11. The fourth-order valence-electron chi connectivity index (χ4n) is 6.57. The molecule has 2 saturated heterocycles. The third-order valence-corrected chi connectivity index (χ3v) is 11.3. The lowest BCUT2D eigenvalue weighted by atomic mass is 9.59. The maximum Gasteiger partial charge on any atom is 0.227 e. The standard InChI is InChI=1S/C25H29ClN4O2S/c26-18-4-2-15(3-5-18)20-16-10-17(20)13-30(12-16)23-27-19-11-25(8-9-25)33(32)21(19)22(28-23)29-24(14-31)6-1-7-24/h2-5,16-17,20,31H,1,6-14H2,(H,27,28,29). The van der Waals surface area contributed by atoms with Crippen molar-refractivity contribution in [1.82, 2.24) is 9.97 Å². The Hall–Kier alpha value is -1.70. The summed E-state index contributed by atoms with van der Waals surface area (Å²) in [7, 11) is -1.07. The van der Waals surface area contributed by atoms with E-state index in [2.05, 4.69) is 22.3 Å². The normalized spacial score (nSPS) is 32.1. The van der Waals surface area contributed by atoms with E-state index >= 15 is 0 Å². The molecule has 1 spiro atoms. The van der Waals surface area contributed by atoms with Crippen molar-refractivity contribution in [2.24, 2.45) is 11.8 Å². The van der Waals surface area contributed by atoms with Gasteiger partial charge in [0.25, 0.3) is 0 Å². The molecule has 2 N–H and O–H groups in total. The van der Waals surface area contributed by atoms with E-state index in [1.165, 1.54) is 12.0 Å². The molecule has 0 radical (unpaired) electrons. The average molecular weight is 485 g/mol. The minimum Gasteiger partial charge on any atom is -0.394 e. The number of aliphatic hydroxyl groups excluding tert-OH is 1. The Morgan fingerprint density at radius 2 is 1.85 bits per heavy atom. The Bertz CT molecular complexity index is 1130. The topological polar surface area (TPSA) is 78.4 Å². The summed E-state index contributed by atoms with van der Waals surface area (Å²) >= 11 is 6.10. The number of piperidine rings is 2. The molecule has 2 bridgehead atoms. The van der Waals surface area contributed by atoms with Crippen molar-refractivity contribution in [3.05, 3.63) is 40.5 Å². The summed E-state index contributed by atoms with van der Waals surface area (Å²) in [6.07, 6.45) is 7.00. The summed E-state index contributed by atoms with van der Waals surface area (Å²) in [6, 6.07) is 8.34. The number of nitrogens with one attached hydrogen (secondary N) is 1. The predicted molar refractivity (Wildman–Crippen MR) is 129 cm³/mol. The van der Waals surface area contributed by atoms with E-state index in [1.54, 1.807) is 0 Å². The van der Waals surface area contributed by atoms with Gasteiger partial charge in [-0.15, -0.1) is 0 Å². The van der Waals surface area contributed by atoms with Crippen molar-refractivity contribution in [2.45, 2.75) is 66.0 Å². The molecule has 4 heterocycles. The van der Waals surface area contributed by atoms with Crippen LogP contribution in [0.2, 0.25) is 5.02 Å². The lowest BCUT2D eigenvalue weighted by Gasteiger charge is -2.54. The summed E-state index contributed by atoms with van der Waals surface area (Å²) in [5.74, 6) is 3.25. The number of hydrogen-bond acceptors (Lipinski definition) is 6. The highest BCUT2D eigenvalue weighted by Gasteiger charge is 2.56. The Morgan fingerprint density at radius 1 is 1.12 bits per heavy atom. The summed E-state index contributed by atoms with van der Waals surface area (Å²) in [6.45, 7) is 1.97. The summed E-state index contributed by atoms with van der Waals surface area (Å²) < 4.78 is 13.2. The number of anilines is 2. The van der Waals surface area contributed by atoms with Gasteiger partial charge in [0.1, 0.15) is 10.7 Å². The molecule has 8 heteroatoms. The first-order valence-electron chi connectivity index (χ1n) is 12.2. The van der Waals surface area contributed by atoms with Crippen LogP contribution in [0.15, 0.2) is 29.2 Å². The van der Waals surface area contributed by atoms with E-state index in [0.29, 0.717) is 23.6 Å². The molecular weight excluding hydrogens is 456 g/mol. The molecule has 3 aliphatic heterocycles. The lowest BCUT2D eigenvalue weighted by molar-refractivity contribution is 0.110. The zero-order valence-corrected chi connectivity index (χ0v) is 20.2. The van der Waals surface area contributed by atoms with E-state index in [4.69, 9.17) is 21.6 Å². The number of fused-ring (bicyclic) bond motifs is 3. The molecule has 5 fully saturated rings. The number of aromatic nitrogens is 2. The van der Waals surface area contributed by atoms with Crippen LogP contribution in [0.1, 0.15) is 55.7 Å². The van der Waals surface area contributed by atoms with E-state index in [1.807, 2.05) is 12.1 Å². The first-order chi connectivity index (χ1) is 16.0. The lowest BCUT2D eigenvalue weighted by Crippen LogP contribution is -2.54. The van der Waals surface area contributed by atoms with Gasteiger partial charge in [-0.2, -0.15) is 4.98 Å². The molecule has 6 aliphatic rings. The Kier molecular flexibility index (Phi) is 4.48. The van der Waals surface area contributed by atoms with Gasteiger partial charge >= 0.3 is 0 Å². The van der Waals surface area contributed by atoms with Crippen LogP contribution < -0.4 is 10.2 Å². The van der Waals surface area contributed by atoms with Gasteiger partial charge in [0.2, 0.25) is 5.95 Å². The molecule has 2 aromatic rings. The van der Waals surface area contributed by atoms with Crippen molar-refractivity contribution in [3.63, 3.8) is 0 Å². The second kappa shape index (κ2) is 7.15. The number of aliphatic hydroxyl groups is 1. The largest absolute Gasteiger partial charge is 0.394 e. The van der Waals surface area contributed by atoms with E-state index in [9.17, 15) is 9.32 Å². The molecule has 3 unspecified atom stereocenters. The predicted octanol–water partition coefficient (Wildman–Crippen LogP) is 3.89. The second-order valence-electron chi connectivity index (χ2n) is 10.9. The minimum absolute atomic E-state index is 0.0789. The van der Waals surface area contributed by atoms with Crippen LogP contribution in [0.25, 0.3) is 0 Å². The van der Waals surface area contributed by atoms with Crippen LogP contribution in [0.4, 0.5) is 11.8 Å². The maximum atomic E-state index is 13.4. The molecule has 0 amide bonds. The SMILES string of the molecule is O=S1c2c(nc(N3CC4CC(C3)C4c3ccc(Cl)cc3)nc2NC2(CO)CCC2)CC12CC2. The maximum absolute atomic E-state index is 13.4. The Morgan fingerprint density at radius 3 is 2.45 bits per heavy atom. The number of nitrogens with zero attached hydrogens (tertiary/aromatic N) is 3. The van der Waals surface area contributed by atoms with Gasteiger partial charge < -0.3 is 15.3 Å². The molecule has 3 aliphatic carbocycles. The van der Waals surface area contributed by atoms with Crippen LogP contribution in [-0.4, -0.2) is 49.3 Å². The molecule has 3 atom stereocenters. The van der Waals surface area contributed by atoms with Gasteiger partial charge in [-0.25, -0.2) is 4.98 Å². The Balaban J connectivity index is 1.19. The van der Waals surface area contributed by atoms with E-state index in [0.717, 1.165) is 73.2 Å². The van der Waals surface area contributed by atoms with Crippen molar-refractivity contribution in [2.75, 3.05) is 29.9 Å². The van der Waals surface area contributed by atoms with Gasteiger partial charge in [-0.1, -0.05) is 23.7 Å². The van der Waals surface area contributed by atoms with Crippen molar-refractivity contribution >= 4 is 34.2 Å². The number of rotatable bonds is 5. The fraction of sp³-hybridized carbons (Fsp3) is 0.600. The van der Waals surface area contributed by atoms with Crippen molar-refractivity contribution < 1.29 is 9.32 Å². The molecule has 174 valence electrons. The van der Waals surface area contributed by atoms with Gasteiger partial charge in [-0.3, -0.25) is 4.21 Å². The smallest absolute Gasteiger partial charge is 0.227 e. The van der Waals surface area contributed by atoms with Gasteiger partial charge in [0.15, 0.2) is 0 Å². The molecule has 1 aromatic carbocycles. The summed E-state index contributed by atoms with van der Waals surface area (Å²) in [4.78, 5) is 13.1. The number of halogens is 1. The first kappa shape index (κ1) is 20.7. The molecule has 33 heavy (non-hydrogen) atoms. The van der Waals surface area contributed by atoms with Crippen LogP contribution in [-0.2, 0) is 17.2 Å². The van der Waals surface area contributed by atoms with Crippen LogP contribution >= 0.6 is 11.6 Å². The highest BCUT2D eigenvalue weighted by atomic mass is 35.5. The zero-order chi connectivity index (χ0) is 22.4. The highest BCUT2D eigenvalue weighted by Crippen LogP contribution is 2.55. The summed E-state index contributed by atoms with van der Waals surface area (Å²) in [5, 5.41) is 14.4. The van der Waals surface area contributed by atoms with Crippen LogP contribution in [0, 0.1) is 11.8 Å². The Labute approximate surface area is 201 Å². The molecule has 3 saturated carbocycles.